The minimum Gasteiger partial charge on any atom is -0.494 e. The van der Waals surface area contributed by atoms with Crippen molar-refractivity contribution in [3.8, 4) is 5.75 Å². The zero-order valence-electron chi connectivity index (χ0n) is 17.3. The molecule has 5 heteroatoms. The topological polar surface area (TPSA) is 51.5 Å². The molecule has 1 aromatic heterocycles. The highest BCUT2D eigenvalue weighted by molar-refractivity contribution is 6.18. The van der Waals surface area contributed by atoms with E-state index in [0.29, 0.717) is 18.8 Å². The van der Waals surface area contributed by atoms with Crippen LogP contribution in [0.4, 0.5) is 0 Å². The Morgan fingerprint density at radius 2 is 1.70 bits per heavy atom. The standard InChI is InChI=1S/C25H26N2O3/c1-3-30-22-14-12-21(13-15-22)19-23(27-17-8-7-11-24(27)28)25(29)26(2)18-16-20-9-5-4-6-10-20/h4-15,17,19H,3,16,18H2,1-2H3. The van der Waals surface area contributed by atoms with Gasteiger partial charge in [0, 0.05) is 25.9 Å². The SMILES string of the molecule is CCOc1ccc(C=C(C(=O)N(C)CCc2ccccc2)n2ccccc2=O)cc1. The van der Waals surface area contributed by atoms with E-state index in [9.17, 15) is 9.59 Å². The zero-order valence-corrected chi connectivity index (χ0v) is 17.3. The fourth-order valence-electron chi connectivity index (χ4n) is 3.08. The largest absolute Gasteiger partial charge is 0.494 e. The highest BCUT2D eigenvalue weighted by atomic mass is 16.5. The fraction of sp³-hybridized carbons (Fsp3) is 0.200. The predicted molar refractivity (Wildman–Crippen MR) is 120 cm³/mol. The molecule has 1 heterocycles. The van der Waals surface area contributed by atoms with Crippen molar-refractivity contribution in [1.29, 1.82) is 0 Å². The Morgan fingerprint density at radius 1 is 1.00 bits per heavy atom. The Hall–Kier alpha value is -3.60. The van der Waals surface area contributed by atoms with Gasteiger partial charge in [0.25, 0.3) is 11.5 Å². The van der Waals surface area contributed by atoms with Crippen molar-refractivity contribution in [2.24, 2.45) is 0 Å². The third-order valence-electron chi connectivity index (χ3n) is 4.72. The normalized spacial score (nSPS) is 11.2. The lowest BCUT2D eigenvalue weighted by atomic mass is 10.1. The number of carbonyl (C=O) groups excluding carboxylic acids is 1. The Balaban J connectivity index is 1.88. The van der Waals surface area contributed by atoms with E-state index in [1.807, 2.05) is 61.5 Å². The highest BCUT2D eigenvalue weighted by Gasteiger charge is 2.17. The molecule has 0 aliphatic heterocycles. The van der Waals surface area contributed by atoms with E-state index in [-0.39, 0.29) is 11.5 Å². The van der Waals surface area contributed by atoms with Crippen LogP contribution in [0.1, 0.15) is 18.1 Å². The molecular formula is C25H26N2O3. The third kappa shape index (κ3) is 5.47. The van der Waals surface area contributed by atoms with Crippen LogP contribution in [0.25, 0.3) is 11.8 Å². The summed E-state index contributed by atoms with van der Waals surface area (Å²) in [5.41, 5.74) is 2.03. The first-order valence-corrected chi connectivity index (χ1v) is 10.0. The van der Waals surface area contributed by atoms with Gasteiger partial charge in [-0.15, -0.1) is 0 Å². The molecule has 3 aromatic rings. The van der Waals surface area contributed by atoms with Crippen LogP contribution in [-0.2, 0) is 11.2 Å². The second kappa shape index (κ2) is 10.3. The molecule has 0 saturated carbocycles. The van der Waals surface area contributed by atoms with E-state index in [1.165, 1.54) is 10.6 Å². The van der Waals surface area contributed by atoms with Crippen molar-refractivity contribution in [3.05, 3.63) is 100 Å². The first-order valence-electron chi connectivity index (χ1n) is 10.0. The number of aromatic nitrogens is 1. The molecule has 0 spiro atoms. The summed E-state index contributed by atoms with van der Waals surface area (Å²) in [4.78, 5) is 27.3. The maximum atomic E-state index is 13.3. The smallest absolute Gasteiger partial charge is 0.270 e. The van der Waals surface area contributed by atoms with E-state index in [2.05, 4.69) is 0 Å². The number of carbonyl (C=O) groups is 1. The molecule has 0 bridgehead atoms. The van der Waals surface area contributed by atoms with Crippen LogP contribution >= 0.6 is 0 Å². The second-order valence-electron chi connectivity index (χ2n) is 6.90. The number of ether oxygens (including phenoxy) is 1. The number of hydrogen-bond donors (Lipinski definition) is 0. The number of pyridine rings is 1. The average molecular weight is 402 g/mol. The first kappa shape index (κ1) is 21.1. The summed E-state index contributed by atoms with van der Waals surface area (Å²) in [6, 6.07) is 22.3. The number of amides is 1. The van der Waals surface area contributed by atoms with Crippen LogP contribution < -0.4 is 10.3 Å². The Kier molecular flexibility index (Phi) is 7.22. The van der Waals surface area contributed by atoms with Crippen LogP contribution in [-0.4, -0.2) is 35.6 Å². The van der Waals surface area contributed by atoms with Gasteiger partial charge in [-0.05, 0) is 48.7 Å². The van der Waals surface area contributed by atoms with Gasteiger partial charge in [0.1, 0.15) is 11.4 Å². The van der Waals surface area contributed by atoms with E-state index in [1.54, 1.807) is 36.4 Å². The molecule has 0 radical (unpaired) electrons. The van der Waals surface area contributed by atoms with Crippen molar-refractivity contribution in [2.45, 2.75) is 13.3 Å². The minimum absolute atomic E-state index is 0.215. The Bertz CT molecular complexity index is 1050. The molecule has 5 nitrogen and oxygen atoms in total. The van der Waals surface area contributed by atoms with Gasteiger partial charge >= 0.3 is 0 Å². The number of likely N-dealkylation sites (N-methyl/N-ethyl adjacent to an activating group) is 1. The van der Waals surface area contributed by atoms with Crippen molar-refractivity contribution >= 4 is 17.7 Å². The van der Waals surface area contributed by atoms with Crippen molar-refractivity contribution in [2.75, 3.05) is 20.2 Å². The quantitative estimate of drug-likeness (QED) is 0.536. The summed E-state index contributed by atoms with van der Waals surface area (Å²) < 4.78 is 6.86. The third-order valence-corrected chi connectivity index (χ3v) is 4.72. The summed E-state index contributed by atoms with van der Waals surface area (Å²) >= 11 is 0. The van der Waals surface area contributed by atoms with Gasteiger partial charge < -0.3 is 9.64 Å². The fourth-order valence-corrected chi connectivity index (χ4v) is 3.08. The van der Waals surface area contributed by atoms with E-state index in [0.717, 1.165) is 23.3 Å². The molecule has 30 heavy (non-hydrogen) atoms. The maximum absolute atomic E-state index is 13.3. The van der Waals surface area contributed by atoms with Gasteiger partial charge in [-0.2, -0.15) is 0 Å². The molecule has 1 amide bonds. The summed E-state index contributed by atoms with van der Waals surface area (Å²) in [5, 5.41) is 0. The summed E-state index contributed by atoms with van der Waals surface area (Å²) in [6.45, 7) is 3.06. The molecule has 3 rings (SSSR count). The Labute approximate surface area is 176 Å². The monoisotopic (exact) mass is 402 g/mol. The molecule has 0 fully saturated rings. The van der Waals surface area contributed by atoms with Crippen molar-refractivity contribution < 1.29 is 9.53 Å². The van der Waals surface area contributed by atoms with Crippen molar-refractivity contribution in [3.63, 3.8) is 0 Å². The lowest BCUT2D eigenvalue weighted by Crippen LogP contribution is -2.33. The molecule has 0 atom stereocenters. The van der Waals surface area contributed by atoms with Crippen LogP contribution in [0.2, 0.25) is 0 Å². The molecular weight excluding hydrogens is 376 g/mol. The van der Waals surface area contributed by atoms with Gasteiger partial charge in [0.05, 0.1) is 6.61 Å². The maximum Gasteiger partial charge on any atom is 0.270 e. The molecule has 0 aliphatic rings. The molecule has 0 aliphatic carbocycles. The van der Waals surface area contributed by atoms with E-state index >= 15 is 0 Å². The molecule has 0 N–H and O–H groups in total. The number of rotatable bonds is 8. The average Bonchev–Trinajstić information content (AvgIpc) is 2.78. The van der Waals surface area contributed by atoms with Crippen LogP contribution in [0.3, 0.4) is 0 Å². The summed E-state index contributed by atoms with van der Waals surface area (Å²) in [7, 11) is 1.76. The number of hydrogen-bond acceptors (Lipinski definition) is 3. The molecule has 0 saturated heterocycles. The lowest BCUT2D eigenvalue weighted by molar-refractivity contribution is -0.124. The lowest BCUT2D eigenvalue weighted by Gasteiger charge is -2.20. The van der Waals surface area contributed by atoms with Crippen LogP contribution in [0, 0.1) is 0 Å². The minimum atomic E-state index is -0.250. The second-order valence-corrected chi connectivity index (χ2v) is 6.90. The van der Waals surface area contributed by atoms with Crippen molar-refractivity contribution in [1.82, 2.24) is 9.47 Å². The van der Waals surface area contributed by atoms with Gasteiger partial charge in [-0.3, -0.25) is 14.2 Å². The van der Waals surface area contributed by atoms with Gasteiger partial charge in [-0.25, -0.2) is 0 Å². The van der Waals surface area contributed by atoms with Crippen LogP contribution in [0.5, 0.6) is 5.75 Å². The molecule has 154 valence electrons. The first-order chi connectivity index (χ1) is 14.6. The molecule has 0 unspecified atom stereocenters. The van der Waals surface area contributed by atoms with Gasteiger partial charge in [-0.1, -0.05) is 48.5 Å². The zero-order chi connectivity index (χ0) is 21.3. The van der Waals surface area contributed by atoms with Gasteiger partial charge in [0.15, 0.2) is 0 Å². The predicted octanol–water partition coefficient (Wildman–Crippen LogP) is 3.95. The van der Waals surface area contributed by atoms with E-state index < -0.39 is 0 Å². The summed E-state index contributed by atoms with van der Waals surface area (Å²) in [6.07, 6.45) is 4.09. The highest BCUT2D eigenvalue weighted by Crippen LogP contribution is 2.17. The number of benzene rings is 2. The Morgan fingerprint density at radius 3 is 2.37 bits per heavy atom. The van der Waals surface area contributed by atoms with E-state index in [4.69, 9.17) is 4.74 Å². The molecule has 2 aromatic carbocycles. The summed E-state index contributed by atoms with van der Waals surface area (Å²) in [5.74, 6) is 0.549. The van der Waals surface area contributed by atoms with Crippen LogP contribution in [0.15, 0.2) is 83.8 Å². The van der Waals surface area contributed by atoms with Gasteiger partial charge in [0.2, 0.25) is 0 Å². The number of nitrogens with zero attached hydrogens (tertiary/aromatic N) is 2.